The van der Waals surface area contributed by atoms with Crippen LogP contribution in [0.5, 0.6) is 0 Å². The first-order valence-corrected chi connectivity index (χ1v) is 17.4. The predicted molar refractivity (Wildman–Crippen MR) is 160 cm³/mol. The monoisotopic (exact) mass is 739 g/mol. The zero-order chi connectivity index (χ0) is 37.6. The molecule has 0 saturated carbocycles. The molecule has 2 aromatic carbocycles. The van der Waals surface area contributed by atoms with Crippen LogP contribution in [0, 0.1) is 17.2 Å². The number of nitrogens with zero attached hydrogens (tertiary/aromatic N) is 1. The average Bonchev–Trinajstić information content (AvgIpc) is 3.00. The van der Waals surface area contributed by atoms with Gasteiger partial charge in [-0.25, -0.2) is 0 Å². The molecule has 0 aliphatic rings. The molecule has 0 radical (unpaired) electrons. The lowest BCUT2D eigenvalue weighted by molar-refractivity contribution is -0.440. The van der Waals surface area contributed by atoms with Crippen molar-refractivity contribution in [3.63, 3.8) is 0 Å². The van der Waals surface area contributed by atoms with Crippen LogP contribution >= 0.6 is 0 Å². The molecule has 1 unspecified atom stereocenters. The summed E-state index contributed by atoms with van der Waals surface area (Å²) in [6, 6.07) is 21.0. The van der Waals surface area contributed by atoms with Gasteiger partial charge in [-0.1, -0.05) is 114 Å². The lowest BCUT2D eigenvalue weighted by Gasteiger charge is -2.43. The topological polar surface area (TPSA) is 33.0 Å². The summed E-state index contributed by atoms with van der Waals surface area (Å²) < 4.78 is 181. The third-order valence-electron chi connectivity index (χ3n) is 8.37. The largest absolute Gasteiger partial charge is 0.460 e. The molecule has 0 bridgehead atoms. The van der Waals surface area contributed by atoms with Crippen molar-refractivity contribution in [3.05, 3.63) is 60.7 Å². The van der Waals surface area contributed by atoms with E-state index in [0.717, 1.165) is 16.4 Å². The van der Waals surface area contributed by atoms with Crippen molar-refractivity contribution in [1.82, 2.24) is 0 Å². The number of nitriles is 1. The Labute approximate surface area is 277 Å². The summed E-state index contributed by atoms with van der Waals surface area (Å²) in [5.41, 5.74) is 0. The standard InChI is InChI=1S/C33H38F13NOSi/c1-27(2,3)49(25-17-11-8-12-18-25,26-19-13-9-14-20-26)48-21-15-7-5-4-6-10-16-24(23-47)22-28(34,35)29(36,37)30(38,39)31(40,41)32(42,43)33(44,45)46/h8-9,11-14,17-20,24H,4-7,10,15-16,21-22H2,1-3H3. The number of unbranched alkanes of at least 4 members (excludes halogenated alkanes) is 5. The van der Waals surface area contributed by atoms with Gasteiger partial charge >= 0.3 is 35.8 Å². The summed E-state index contributed by atoms with van der Waals surface area (Å²) in [6.07, 6.45) is -7.84. The Kier molecular flexibility index (Phi) is 13.5. The number of benzene rings is 2. The molecule has 49 heavy (non-hydrogen) atoms. The number of rotatable bonds is 18. The summed E-state index contributed by atoms with van der Waals surface area (Å²) in [4.78, 5) is 0. The molecule has 16 heteroatoms. The Balaban J connectivity index is 1.94. The molecule has 0 N–H and O–H groups in total. The van der Waals surface area contributed by atoms with Crippen LogP contribution < -0.4 is 10.4 Å². The molecule has 2 aromatic rings. The molecule has 276 valence electrons. The maximum atomic E-state index is 14.2. The summed E-state index contributed by atoms with van der Waals surface area (Å²) in [5, 5.41) is 11.1. The number of halogens is 13. The quantitative estimate of drug-likeness (QED) is 0.0867. The van der Waals surface area contributed by atoms with Crippen molar-refractivity contribution >= 4 is 18.7 Å². The van der Waals surface area contributed by atoms with Crippen LogP contribution in [-0.4, -0.2) is 50.7 Å². The van der Waals surface area contributed by atoms with E-state index in [0.29, 0.717) is 32.3 Å². The molecule has 2 rings (SSSR count). The smallest absolute Gasteiger partial charge is 0.407 e. The fraction of sp³-hybridized carbons (Fsp3) is 0.606. The van der Waals surface area contributed by atoms with Crippen molar-refractivity contribution in [1.29, 1.82) is 5.26 Å². The minimum atomic E-state index is -7.95. The number of hydrogen-bond acceptors (Lipinski definition) is 2. The minimum Gasteiger partial charge on any atom is -0.407 e. The van der Waals surface area contributed by atoms with Crippen LogP contribution in [-0.2, 0) is 4.43 Å². The van der Waals surface area contributed by atoms with Gasteiger partial charge in [0.2, 0.25) is 0 Å². The molecule has 2 nitrogen and oxygen atoms in total. The van der Waals surface area contributed by atoms with Crippen LogP contribution in [0.25, 0.3) is 0 Å². The molecule has 0 fully saturated rings. The third-order valence-corrected chi connectivity index (χ3v) is 13.4. The van der Waals surface area contributed by atoms with Gasteiger partial charge in [-0.05, 0) is 28.3 Å². The highest BCUT2D eigenvalue weighted by Crippen LogP contribution is 2.61. The SMILES string of the molecule is CC(C)(C)[Si](OCCCCCCCCC(C#N)CC(F)(F)C(F)(F)C(F)(F)C(F)(F)C(F)(F)C(F)(F)F)(c1ccccc1)c1ccccc1. The van der Waals surface area contributed by atoms with Gasteiger partial charge in [-0.15, -0.1) is 0 Å². The van der Waals surface area contributed by atoms with Crippen molar-refractivity contribution in [2.45, 2.75) is 113 Å². The van der Waals surface area contributed by atoms with Crippen molar-refractivity contribution in [2.75, 3.05) is 6.61 Å². The van der Waals surface area contributed by atoms with Gasteiger partial charge in [-0.3, -0.25) is 0 Å². The minimum absolute atomic E-state index is 0.0445. The van der Waals surface area contributed by atoms with Crippen molar-refractivity contribution in [3.8, 4) is 6.07 Å². The molecule has 0 heterocycles. The molecule has 0 spiro atoms. The van der Waals surface area contributed by atoms with Crippen LogP contribution in [0.15, 0.2) is 60.7 Å². The third kappa shape index (κ3) is 8.57. The summed E-state index contributed by atoms with van der Waals surface area (Å²) in [5.74, 6) is -39.3. The highest BCUT2D eigenvalue weighted by molar-refractivity contribution is 6.99. The molecule has 0 aromatic heterocycles. The Morgan fingerprint density at radius 1 is 0.592 bits per heavy atom. The van der Waals surface area contributed by atoms with Gasteiger partial charge in [0.1, 0.15) is 0 Å². The van der Waals surface area contributed by atoms with Gasteiger partial charge in [0.05, 0.1) is 12.0 Å². The second-order valence-electron chi connectivity index (χ2n) is 13.0. The first-order chi connectivity index (χ1) is 22.3. The van der Waals surface area contributed by atoms with Crippen LogP contribution in [0.1, 0.15) is 72.1 Å². The lowest BCUT2D eigenvalue weighted by atomic mass is 9.87. The van der Waals surface area contributed by atoms with Gasteiger partial charge in [0, 0.05) is 13.0 Å². The molecule has 1 atom stereocenters. The molecule has 0 aliphatic heterocycles. The zero-order valence-corrected chi connectivity index (χ0v) is 28.0. The van der Waals surface area contributed by atoms with Crippen LogP contribution in [0.2, 0.25) is 5.04 Å². The first kappa shape index (κ1) is 42.4. The number of hydrogen-bond donors (Lipinski definition) is 0. The van der Waals surface area contributed by atoms with Gasteiger partial charge in [0.15, 0.2) is 0 Å². The Hall–Kier alpha value is -2.80. The molecule has 0 saturated heterocycles. The van der Waals surface area contributed by atoms with Crippen LogP contribution in [0.3, 0.4) is 0 Å². The summed E-state index contributed by atoms with van der Waals surface area (Å²) in [6.45, 7) is 6.79. The van der Waals surface area contributed by atoms with Crippen LogP contribution in [0.4, 0.5) is 57.1 Å². The van der Waals surface area contributed by atoms with E-state index in [9.17, 15) is 57.1 Å². The highest BCUT2D eigenvalue weighted by atomic mass is 28.4. The van der Waals surface area contributed by atoms with E-state index in [1.165, 1.54) is 0 Å². The van der Waals surface area contributed by atoms with Gasteiger partial charge < -0.3 is 4.43 Å². The molecular weight excluding hydrogens is 701 g/mol. The lowest BCUT2D eigenvalue weighted by Crippen LogP contribution is -2.70. The second-order valence-corrected chi connectivity index (χ2v) is 17.3. The van der Waals surface area contributed by atoms with Gasteiger partial charge in [0.25, 0.3) is 8.32 Å². The van der Waals surface area contributed by atoms with Gasteiger partial charge in [-0.2, -0.15) is 62.3 Å². The Morgan fingerprint density at radius 2 is 1.00 bits per heavy atom. The van der Waals surface area contributed by atoms with E-state index in [2.05, 4.69) is 20.8 Å². The number of alkyl halides is 13. The molecule has 0 amide bonds. The average molecular weight is 740 g/mol. The van der Waals surface area contributed by atoms with E-state index in [1.807, 2.05) is 60.7 Å². The summed E-state index contributed by atoms with van der Waals surface area (Å²) in [7, 11) is -2.74. The predicted octanol–water partition coefficient (Wildman–Crippen LogP) is 10.6. The van der Waals surface area contributed by atoms with E-state index in [-0.39, 0.29) is 17.9 Å². The Morgan fingerprint density at radius 3 is 1.41 bits per heavy atom. The van der Waals surface area contributed by atoms with E-state index in [1.54, 1.807) is 0 Å². The highest BCUT2D eigenvalue weighted by Gasteiger charge is 2.90. The normalized spacial score (nSPS) is 14.8. The van der Waals surface area contributed by atoms with E-state index >= 15 is 0 Å². The maximum Gasteiger partial charge on any atom is 0.460 e. The summed E-state index contributed by atoms with van der Waals surface area (Å²) >= 11 is 0. The van der Waals surface area contributed by atoms with E-state index < -0.39 is 62.9 Å². The molecule has 0 aliphatic carbocycles. The van der Waals surface area contributed by atoms with E-state index in [4.69, 9.17) is 9.69 Å². The second kappa shape index (κ2) is 15.6. The van der Waals surface area contributed by atoms with Crippen molar-refractivity contribution < 1.29 is 61.5 Å². The first-order valence-electron chi connectivity index (χ1n) is 15.5. The zero-order valence-electron chi connectivity index (χ0n) is 27.0. The fourth-order valence-corrected chi connectivity index (χ4v) is 10.2. The fourth-order valence-electron chi connectivity index (χ4n) is 5.64. The Bertz CT molecular complexity index is 1320. The maximum absolute atomic E-state index is 14.2. The molecular formula is C33H38F13NOSi. The van der Waals surface area contributed by atoms with Crippen molar-refractivity contribution in [2.24, 2.45) is 5.92 Å².